The molecule has 1 aliphatic heterocycles. The Labute approximate surface area is 108 Å². The van der Waals surface area contributed by atoms with Gasteiger partial charge in [0.05, 0.1) is 5.60 Å². The fourth-order valence-corrected chi connectivity index (χ4v) is 2.98. The maximum Gasteiger partial charge on any atom is 0.0743 e. The van der Waals surface area contributed by atoms with Crippen LogP contribution < -0.4 is 5.32 Å². The lowest BCUT2D eigenvalue weighted by molar-refractivity contribution is -0.0331. The highest BCUT2D eigenvalue weighted by Gasteiger charge is 2.32. The highest BCUT2D eigenvalue weighted by Crippen LogP contribution is 2.29. The van der Waals surface area contributed by atoms with Gasteiger partial charge in [0.15, 0.2) is 0 Å². The van der Waals surface area contributed by atoms with Crippen LogP contribution in [0.15, 0.2) is 30.5 Å². The lowest BCUT2D eigenvalue weighted by Crippen LogP contribution is -2.45. The number of H-pyrrole nitrogens is 1. The predicted molar refractivity (Wildman–Crippen MR) is 73.8 cm³/mol. The molecule has 1 saturated heterocycles. The molecule has 0 radical (unpaired) electrons. The van der Waals surface area contributed by atoms with Crippen molar-refractivity contribution in [3.8, 4) is 0 Å². The third-order valence-electron chi connectivity index (χ3n) is 4.13. The van der Waals surface area contributed by atoms with E-state index >= 15 is 0 Å². The molecule has 3 heteroatoms. The van der Waals surface area contributed by atoms with Crippen LogP contribution in [0.5, 0.6) is 0 Å². The standard InChI is InChI=1S/C15H20N2O/c1-18-15(6-9-16-10-7-15)11-13-4-2-3-12-5-8-17-14(12)13/h2-5,8,16-17H,6-7,9-11H2,1H3. The molecule has 1 aliphatic rings. The zero-order valence-corrected chi connectivity index (χ0v) is 10.8. The summed E-state index contributed by atoms with van der Waals surface area (Å²) >= 11 is 0. The molecule has 2 N–H and O–H groups in total. The maximum atomic E-state index is 5.85. The highest BCUT2D eigenvalue weighted by atomic mass is 16.5. The Morgan fingerprint density at radius 2 is 2.06 bits per heavy atom. The Kier molecular flexibility index (Phi) is 3.10. The predicted octanol–water partition coefficient (Wildman–Crippen LogP) is 2.48. The number of aromatic amines is 1. The van der Waals surface area contributed by atoms with Crippen molar-refractivity contribution < 1.29 is 4.74 Å². The van der Waals surface area contributed by atoms with E-state index in [9.17, 15) is 0 Å². The first-order chi connectivity index (χ1) is 8.83. The molecule has 2 aromatic rings. The summed E-state index contributed by atoms with van der Waals surface area (Å²) in [5.74, 6) is 0. The zero-order chi connectivity index (χ0) is 12.4. The van der Waals surface area contributed by atoms with Gasteiger partial charge in [-0.05, 0) is 42.9 Å². The second kappa shape index (κ2) is 4.75. The first-order valence-electron chi connectivity index (χ1n) is 6.64. The van der Waals surface area contributed by atoms with Gasteiger partial charge in [0.25, 0.3) is 0 Å². The van der Waals surface area contributed by atoms with Crippen LogP contribution in [0, 0.1) is 0 Å². The van der Waals surface area contributed by atoms with Gasteiger partial charge in [0, 0.05) is 25.2 Å². The molecule has 0 spiro atoms. The molecule has 18 heavy (non-hydrogen) atoms. The Hall–Kier alpha value is -1.32. The number of para-hydroxylation sites is 1. The molecule has 0 amide bonds. The zero-order valence-electron chi connectivity index (χ0n) is 10.8. The molecule has 1 aromatic heterocycles. The van der Waals surface area contributed by atoms with Crippen molar-refractivity contribution in [1.82, 2.24) is 10.3 Å². The summed E-state index contributed by atoms with van der Waals surface area (Å²) in [5.41, 5.74) is 2.62. The molecule has 0 unspecified atom stereocenters. The minimum absolute atomic E-state index is 0.00461. The van der Waals surface area contributed by atoms with E-state index in [4.69, 9.17) is 4.74 Å². The van der Waals surface area contributed by atoms with Gasteiger partial charge in [-0.2, -0.15) is 0 Å². The fourth-order valence-electron chi connectivity index (χ4n) is 2.98. The lowest BCUT2D eigenvalue weighted by atomic mass is 9.85. The number of piperidine rings is 1. The van der Waals surface area contributed by atoms with Crippen molar-refractivity contribution in [3.05, 3.63) is 36.0 Å². The number of hydrogen-bond acceptors (Lipinski definition) is 2. The van der Waals surface area contributed by atoms with Gasteiger partial charge in [-0.25, -0.2) is 0 Å². The SMILES string of the molecule is COC1(Cc2cccc3cc[nH]c23)CCNCC1. The van der Waals surface area contributed by atoms with Crippen molar-refractivity contribution in [2.45, 2.75) is 24.9 Å². The van der Waals surface area contributed by atoms with Crippen molar-refractivity contribution in [3.63, 3.8) is 0 Å². The molecule has 3 rings (SSSR count). The average molecular weight is 244 g/mol. The summed E-state index contributed by atoms with van der Waals surface area (Å²) in [7, 11) is 1.85. The molecule has 1 fully saturated rings. The number of rotatable bonds is 3. The Morgan fingerprint density at radius 3 is 2.83 bits per heavy atom. The molecular weight excluding hydrogens is 224 g/mol. The Balaban J connectivity index is 1.92. The van der Waals surface area contributed by atoms with Gasteiger partial charge in [0.2, 0.25) is 0 Å². The number of benzene rings is 1. The number of methoxy groups -OCH3 is 1. The van der Waals surface area contributed by atoms with E-state index in [-0.39, 0.29) is 5.60 Å². The van der Waals surface area contributed by atoms with Crippen LogP contribution >= 0.6 is 0 Å². The topological polar surface area (TPSA) is 37.0 Å². The van der Waals surface area contributed by atoms with E-state index in [0.29, 0.717) is 0 Å². The number of hydrogen-bond donors (Lipinski definition) is 2. The highest BCUT2D eigenvalue weighted by molar-refractivity contribution is 5.82. The van der Waals surface area contributed by atoms with Crippen LogP contribution in [0.2, 0.25) is 0 Å². The van der Waals surface area contributed by atoms with Gasteiger partial charge in [0.1, 0.15) is 0 Å². The third kappa shape index (κ3) is 2.04. The van der Waals surface area contributed by atoms with E-state index in [1.54, 1.807) is 0 Å². The molecule has 2 heterocycles. The minimum Gasteiger partial charge on any atom is -0.378 e. The van der Waals surface area contributed by atoms with Gasteiger partial charge in [-0.1, -0.05) is 18.2 Å². The first-order valence-corrected chi connectivity index (χ1v) is 6.64. The summed E-state index contributed by atoms with van der Waals surface area (Å²) in [6, 6.07) is 8.62. The van der Waals surface area contributed by atoms with Crippen molar-refractivity contribution >= 4 is 10.9 Å². The van der Waals surface area contributed by atoms with E-state index < -0.39 is 0 Å². The minimum atomic E-state index is 0.00461. The fraction of sp³-hybridized carbons (Fsp3) is 0.467. The van der Waals surface area contributed by atoms with Crippen LogP contribution in [0.4, 0.5) is 0 Å². The number of fused-ring (bicyclic) bond motifs is 1. The second-order valence-corrected chi connectivity index (χ2v) is 5.17. The summed E-state index contributed by atoms with van der Waals surface area (Å²) in [6.45, 7) is 2.10. The summed E-state index contributed by atoms with van der Waals surface area (Å²) in [4.78, 5) is 3.35. The van der Waals surface area contributed by atoms with Crippen LogP contribution in [-0.2, 0) is 11.2 Å². The summed E-state index contributed by atoms with van der Waals surface area (Å²) in [5, 5.41) is 4.69. The van der Waals surface area contributed by atoms with Crippen LogP contribution in [-0.4, -0.2) is 30.8 Å². The second-order valence-electron chi connectivity index (χ2n) is 5.17. The van der Waals surface area contributed by atoms with E-state index in [1.807, 2.05) is 13.3 Å². The summed E-state index contributed by atoms with van der Waals surface area (Å²) in [6.07, 6.45) is 5.17. The number of ether oxygens (including phenoxy) is 1. The quantitative estimate of drug-likeness (QED) is 0.870. The Bertz CT molecular complexity index is 526. The third-order valence-corrected chi connectivity index (χ3v) is 4.13. The van der Waals surface area contributed by atoms with Crippen molar-refractivity contribution in [2.24, 2.45) is 0 Å². The summed E-state index contributed by atoms with van der Waals surface area (Å²) < 4.78 is 5.85. The van der Waals surface area contributed by atoms with Gasteiger partial charge in [-0.15, -0.1) is 0 Å². The van der Waals surface area contributed by atoms with E-state index in [1.165, 1.54) is 16.5 Å². The first kappa shape index (κ1) is 11.8. The molecule has 96 valence electrons. The van der Waals surface area contributed by atoms with Crippen molar-refractivity contribution in [1.29, 1.82) is 0 Å². The van der Waals surface area contributed by atoms with Crippen LogP contribution in [0.3, 0.4) is 0 Å². The molecule has 0 aliphatic carbocycles. The number of aromatic nitrogens is 1. The van der Waals surface area contributed by atoms with Crippen LogP contribution in [0.1, 0.15) is 18.4 Å². The smallest absolute Gasteiger partial charge is 0.0743 e. The number of nitrogens with one attached hydrogen (secondary N) is 2. The van der Waals surface area contributed by atoms with E-state index in [2.05, 4.69) is 34.6 Å². The largest absolute Gasteiger partial charge is 0.378 e. The molecule has 3 nitrogen and oxygen atoms in total. The van der Waals surface area contributed by atoms with E-state index in [0.717, 1.165) is 32.4 Å². The van der Waals surface area contributed by atoms with Crippen molar-refractivity contribution in [2.75, 3.05) is 20.2 Å². The molecule has 0 bridgehead atoms. The van der Waals surface area contributed by atoms with Gasteiger partial charge in [-0.3, -0.25) is 0 Å². The van der Waals surface area contributed by atoms with Gasteiger partial charge < -0.3 is 15.0 Å². The van der Waals surface area contributed by atoms with Gasteiger partial charge >= 0.3 is 0 Å². The van der Waals surface area contributed by atoms with Crippen LogP contribution in [0.25, 0.3) is 10.9 Å². The molecule has 1 aromatic carbocycles. The monoisotopic (exact) mass is 244 g/mol. The molecular formula is C15H20N2O. The maximum absolute atomic E-state index is 5.85. The Morgan fingerprint density at radius 1 is 1.22 bits per heavy atom. The molecule has 0 saturated carbocycles. The lowest BCUT2D eigenvalue weighted by Gasteiger charge is -2.36. The average Bonchev–Trinajstić information content (AvgIpc) is 2.89. The molecule has 0 atom stereocenters. The normalized spacial score (nSPS) is 19.2.